The van der Waals surface area contributed by atoms with Gasteiger partial charge in [0.15, 0.2) is 5.11 Å². The van der Waals surface area contributed by atoms with Crippen molar-refractivity contribution in [2.45, 2.75) is 19.0 Å². The van der Waals surface area contributed by atoms with E-state index in [1.165, 1.54) is 0 Å². The summed E-state index contributed by atoms with van der Waals surface area (Å²) < 4.78 is 6.41. The van der Waals surface area contributed by atoms with Gasteiger partial charge in [-0.25, -0.2) is 0 Å². The molecule has 2 aromatic carbocycles. The van der Waals surface area contributed by atoms with E-state index in [1.807, 2.05) is 79.7 Å². The van der Waals surface area contributed by atoms with Crippen LogP contribution in [0.15, 0.2) is 83.4 Å². The molecule has 0 aliphatic carbocycles. The van der Waals surface area contributed by atoms with Gasteiger partial charge < -0.3 is 14.6 Å². The van der Waals surface area contributed by atoms with Crippen LogP contribution in [0, 0.1) is 6.92 Å². The molecule has 4 nitrogen and oxygen atoms in total. The Morgan fingerprint density at radius 3 is 2.50 bits per heavy atom. The molecule has 1 aliphatic heterocycles. The van der Waals surface area contributed by atoms with Crippen LogP contribution in [0.5, 0.6) is 0 Å². The molecule has 0 saturated carbocycles. The van der Waals surface area contributed by atoms with E-state index in [-0.39, 0.29) is 12.1 Å². The summed E-state index contributed by atoms with van der Waals surface area (Å²) in [6.07, 6.45) is 1.78. The van der Waals surface area contributed by atoms with E-state index < -0.39 is 0 Å². The van der Waals surface area contributed by atoms with Gasteiger partial charge in [0.1, 0.15) is 17.6 Å². The molecular weight excluding hydrogens is 461 g/mol. The van der Waals surface area contributed by atoms with E-state index in [9.17, 15) is 0 Å². The van der Waals surface area contributed by atoms with Gasteiger partial charge in [-0.3, -0.25) is 4.98 Å². The first-order valence-electron chi connectivity index (χ1n) is 10.1. The summed E-state index contributed by atoms with van der Waals surface area (Å²) in [6.45, 7) is 2.04. The summed E-state index contributed by atoms with van der Waals surface area (Å²) in [7, 11) is 0. The summed E-state index contributed by atoms with van der Waals surface area (Å²) in [5.41, 5.74) is 3.86. The maximum atomic E-state index is 6.41. The summed E-state index contributed by atoms with van der Waals surface area (Å²) in [6, 6.07) is 22.8. The maximum Gasteiger partial charge on any atom is 0.174 e. The van der Waals surface area contributed by atoms with Crippen molar-refractivity contribution in [2.75, 3.05) is 4.90 Å². The molecule has 1 fully saturated rings. The fourth-order valence-corrected chi connectivity index (χ4v) is 4.68. The van der Waals surface area contributed by atoms with E-state index in [4.69, 9.17) is 39.8 Å². The third-order valence-electron chi connectivity index (χ3n) is 5.59. The minimum atomic E-state index is -0.230. The quantitative estimate of drug-likeness (QED) is 0.315. The molecule has 7 heteroatoms. The zero-order valence-electron chi connectivity index (χ0n) is 17.1. The van der Waals surface area contributed by atoms with Crippen LogP contribution in [0.4, 0.5) is 5.69 Å². The third-order valence-corrected chi connectivity index (χ3v) is 6.39. The van der Waals surface area contributed by atoms with Gasteiger partial charge in [-0.15, -0.1) is 0 Å². The average Bonchev–Trinajstić information content (AvgIpc) is 3.41. The van der Waals surface area contributed by atoms with Gasteiger partial charge in [-0.05, 0) is 85.4 Å². The van der Waals surface area contributed by atoms with Gasteiger partial charge in [-0.1, -0.05) is 35.3 Å². The van der Waals surface area contributed by atoms with Crippen molar-refractivity contribution in [3.63, 3.8) is 0 Å². The number of aryl methyl sites for hydroxylation is 1. The molecule has 0 radical (unpaired) electrons. The number of aromatic nitrogens is 1. The van der Waals surface area contributed by atoms with Gasteiger partial charge in [0.05, 0.1) is 11.7 Å². The summed E-state index contributed by atoms with van der Waals surface area (Å²) in [5, 5.41) is 5.37. The lowest BCUT2D eigenvalue weighted by atomic mass is 10.0. The highest BCUT2D eigenvalue weighted by Crippen LogP contribution is 2.43. The molecule has 0 spiro atoms. The highest BCUT2D eigenvalue weighted by molar-refractivity contribution is 7.80. The maximum absolute atomic E-state index is 6.41. The van der Waals surface area contributed by atoms with Crippen LogP contribution < -0.4 is 10.2 Å². The monoisotopic (exact) mass is 479 g/mol. The number of halogens is 2. The Morgan fingerprint density at radius 1 is 0.969 bits per heavy atom. The van der Waals surface area contributed by atoms with E-state index in [0.29, 0.717) is 15.2 Å². The molecule has 0 bridgehead atoms. The SMILES string of the molecule is Cc1ccc(Cl)cc1-c1ccc([C@@H]2[C@H](c3ccccn3)NC(=S)N2c2ccc(Cl)cc2)o1. The number of rotatable bonds is 4. The Kier molecular flexibility index (Phi) is 5.64. The van der Waals surface area contributed by atoms with Crippen LogP contribution in [0.3, 0.4) is 0 Å². The molecule has 1 aliphatic rings. The molecule has 1 N–H and O–H groups in total. The van der Waals surface area contributed by atoms with Crippen molar-refractivity contribution in [1.82, 2.24) is 10.3 Å². The molecule has 5 rings (SSSR count). The van der Waals surface area contributed by atoms with Gasteiger partial charge in [-0.2, -0.15) is 0 Å². The fourth-order valence-electron chi connectivity index (χ4n) is 4.04. The minimum Gasteiger partial charge on any atom is -0.459 e. The van der Waals surface area contributed by atoms with Crippen molar-refractivity contribution in [1.29, 1.82) is 0 Å². The normalized spacial score (nSPS) is 18.1. The van der Waals surface area contributed by atoms with Crippen LogP contribution in [0.25, 0.3) is 11.3 Å². The lowest BCUT2D eigenvalue weighted by Crippen LogP contribution is -2.29. The summed E-state index contributed by atoms with van der Waals surface area (Å²) in [4.78, 5) is 6.63. The molecular formula is C25H19Cl2N3OS. The predicted molar refractivity (Wildman–Crippen MR) is 133 cm³/mol. The smallest absolute Gasteiger partial charge is 0.174 e. The lowest BCUT2D eigenvalue weighted by Gasteiger charge is -2.26. The molecule has 2 aromatic heterocycles. The first-order chi connectivity index (χ1) is 15.5. The highest BCUT2D eigenvalue weighted by Gasteiger charge is 2.42. The van der Waals surface area contributed by atoms with Gasteiger partial charge >= 0.3 is 0 Å². The van der Waals surface area contributed by atoms with Crippen molar-refractivity contribution in [3.05, 3.63) is 106 Å². The van der Waals surface area contributed by atoms with Crippen molar-refractivity contribution < 1.29 is 4.42 Å². The second-order valence-corrected chi connectivity index (χ2v) is 8.89. The first kappa shape index (κ1) is 21.0. The Balaban J connectivity index is 1.61. The van der Waals surface area contributed by atoms with Crippen LogP contribution in [0.2, 0.25) is 10.0 Å². The number of thiocarbonyl (C=S) groups is 1. The average molecular weight is 480 g/mol. The second-order valence-electron chi connectivity index (χ2n) is 7.63. The summed E-state index contributed by atoms with van der Waals surface area (Å²) >= 11 is 18.1. The van der Waals surface area contributed by atoms with Gasteiger partial charge in [0, 0.05) is 27.5 Å². The number of nitrogens with one attached hydrogen (secondary N) is 1. The molecule has 4 aromatic rings. The predicted octanol–water partition coefficient (Wildman–Crippen LogP) is 7.13. The lowest BCUT2D eigenvalue weighted by molar-refractivity contribution is 0.439. The highest BCUT2D eigenvalue weighted by atomic mass is 35.5. The van der Waals surface area contributed by atoms with E-state index >= 15 is 0 Å². The number of hydrogen-bond acceptors (Lipinski definition) is 3. The van der Waals surface area contributed by atoms with Crippen molar-refractivity contribution in [3.8, 4) is 11.3 Å². The molecule has 1 saturated heterocycles. The zero-order chi connectivity index (χ0) is 22.2. The fraction of sp³-hybridized carbons (Fsp3) is 0.120. The van der Waals surface area contributed by atoms with E-state index in [1.54, 1.807) is 6.20 Å². The number of benzene rings is 2. The number of hydrogen-bond donors (Lipinski definition) is 1. The molecule has 2 atom stereocenters. The van der Waals surface area contributed by atoms with Gasteiger partial charge in [0.2, 0.25) is 0 Å². The number of anilines is 1. The van der Waals surface area contributed by atoms with Crippen LogP contribution in [-0.4, -0.2) is 10.1 Å². The molecule has 0 unspecified atom stereocenters. The Hall–Kier alpha value is -2.86. The molecule has 160 valence electrons. The zero-order valence-corrected chi connectivity index (χ0v) is 19.5. The van der Waals surface area contributed by atoms with Crippen LogP contribution in [0.1, 0.15) is 29.1 Å². The van der Waals surface area contributed by atoms with Crippen LogP contribution >= 0.6 is 35.4 Å². The van der Waals surface area contributed by atoms with Gasteiger partial charge in [0.25, 0.3) is 0 Å². The minimum absolute atomic E-state index is 0.182. The number of pyridine rings is 1. The number of nitrogens with zero attached hydrogens (tertiary/aromatic N) is 2. The first-order valence-corrected chi connectivity index (χ1v) is 11.3. The second kappa shape index (κ2) is 8.58. The third kappa shape index (κ3) is 3.88. The van der Waals surface area contributed by atoms with Crippen molar-refractivity contribution in [2.24, 2.45) is 0 Å². The van der Waals surface area contributed by atoms with Crippen LogP contribution in [-0.2, 0) is 0 Å². The Labute approximate surface area is 201 Å². The largest absolute Gasteiger partial charge is 0.459 e. The van der Waals surface area contributed by atoms with E-state index in [2.05, 4.69) is 15.2 Å². The molecule has 0 amide bonds. The topological polar surface area (TPSA) is 41.3 Å². The molecule has 32 heavy (non-hydrogen) atoms. The summed E-state index contributed by atoms with van der Waals surface area (Å²) in [5.74, 6) is 1.53. The van der Waals surface area contributed by atoms with E-state index in [0.717, 1.165) is 34.0 Å². The van der Waals surface area contributed by atoms with Crippen molar-refractivity contribution >= 4 is 46.2 Å². The Morgan fingerprint density at radius 2 is 1.75 bits per heavy atom. The Bertz CT molecular complexity index is 1270. The standard InChI is InChI=1S/C25H19Cl2N3OS/c1-15-5-6-17(27)14-19(15)21-11-12-22(31-21)24-23(20-4-2-3-13-28-20)29-25(32)30(24)18-9-7-16(26)8-10-18/h2-14,23-24H,1H3,(H,29,32)/t23-,24+/m0/s1. The molecule has 3 heterocycles. The number of furan rings is 1.